The third-order valence-electron chi connectivity index (χ3n) is 12.6. The number of unbranched alkanes of at least 4 members (excludes halogenated alkanes) is 7. The molecule has 1 aromatic heterocycles. The molecule has 2 aliphatic heterocycles. The van der Waals surface area contributed by atoms with E-state index in [1.807, 2.05) is 29.2 Å². The number of carbonyl (C=O) groups is 3. The minimum Gasteiger partial charge on any atom is -0.394 e. The van der Waals surface area contributed by atoms with Crippen LogP contribution in [0.5, 0.6) is 0 Å². The second kappa shape index (κ2) is 22.3. The van der Waals surface area contributed by atoms with E-state index in [0.29, 0.717) is 57.1 Å². The van der Waals surface area contributed by atoms with E-state index in [1.54, 1.807) is 4.90 Å². The summed E-state index contributed by atoms with van der Waals surface area (Å²) in [5, 5.41) is 53.0. The normalized spacial score (nSPS) is 18.0. The second-order valence-corrected chi connectivity index (χ2v) is 17.6. The number of benzene rings is 3. The molecule has 8 N–H and O–H groups in total. The van der Waals surface area contributed by atoms with Crippen molar-refractivity contribution in [3.8, 4) is 0 Å². The molecule has 5 atom stereocenters. The minimum atomic E-state index is -4.88. The van der Waals surface area contributed by atoms with E-state index in [9.17, 15) is 56.8 Å². The fourth-order valence-corrected chi connectivity index (χ4v) is 8.92. The van der Waals surface area contributed by atoms with Gasteiger partial charge >= 0.3 is 6.18 Å². The lowest BCUT2D eigenvalue weighted by molar-refractivity contribution is -0.142. The first-order valence-electron chi connectivity index (χ1n) is 22.2. The van der Waals surface area contributed by atoms with Gasteiger partial charge in [-0.15, -0.1) is 0 Å². The fourth-order valence-electron chi connectivity index (χ4n) is 8.74. The van der Waals surface area contributed by atoms with Crippen LogP contribution in [-0.4, -0.2) is 104 Å². The molecule has 66 heavy (non-hydrogen) atoms. The smallest absolute Gasteiger partial charge is 0.394 e. The van der Waals surface area contributed by atoms with Gasteiger partial charge in [0.05, 0.1) is 45.8 Å². The third kappa shape index (κ3) is 12.0. The topological polar surface area (TPSA) is 212 Å². The molecule has 3 heterocycles. The van der Waals surface area contributed by atoms with Crippen LogP contribution in [0.15, 0.2) is 54.6 Å². The number of fused-ring (bicyclic) bond motifs is 1. The number of rotatable bonds is 22. The van der Waals surface area contributed by atoms with E-state index in [-0.39, 0.29) is 52.7 Å². The van der Waals surface area contributed by atoms with E-state index in [1.165, 1.54) is 18.2 Å². The van der Waals surface area contributed by atoms with E-state index in [4.69, 9.17) is 16.7 Å². The molecule has 3 aromatic carbocycles. The Morgan fingerprint density at radius 2 is 1.41 bits per heavy atom. The number of imidazole rings is 1. The molecule has 0 saturated carbocycles. The van der Waals surface area contributed by atoms with Gasteiger partial charge in [-0.1, -0.05) is 74.4 Å². The summed E-state index contributed by atoms with van der Waals surface area (Å²) in [5.74, 6) is -2.36. The number of nitrogens with one attached hydrogen (secondary N) is 3. The summed E-state index contributed by atoms with van der Waals surface area (Å²) in [6.07, 6.45) is -3.20. The van der Waals surface area contributed by atoms with Crippen molar-refractivity contribution in [3.63, 3.8) is 0 Å². The summed E-state index contributed by atoms with van der Waals surface area (Å²) in [4.78, 5) is 49.5. The Bertz CT molecular complexity index is 2290. The number of alkyl halides is 3. The van der Waals surface area contributed by atoms with Crippen LogP contribution in [0, 0.1) is 17.0 Å². The minimum absolute atomic E-state index is 0.0334. The van der Waals surface area contributed by atoms with Crippen LogP contribution in [0.25, 0.3) is 11.0 Å². The lowest BCUT2D eigenvalue weighted by Gasteiger charge is -2.59. The molecule has 2 saturated heterocycles. The average Bonchev–Trinajstić information content (AvgIpc) is 3.72. The number of β-lactam (4-membered cyclic amide) rings is 1. The second-order valence-electron chi connectivity index (χ2n) is 17.2. The number of aromatic amines is 1. The maximum Gasteiger partial charge on any atom is 0.419 e. The average molecular weight is 951 g/mol. The molecule has 2 aliphatic rings. The van der Waals surface area contributed by atoms with Crippen LogP contribution < -0.4 is 20.4 Å². The summed E-state index contributed by atoms with van der Waals surface area (Å²) in [7, 11) is 0. The van der Waals surface area contributed by atoms with Gasteiger partial charge in [-0.3, -0.25) is 14.4 Å². The molecule has 0 aliphatic carbocycles. The molecule has 360 valence electrons. The van der Waals surface area contributed by atoms with Gasteiger partial charge in [0.1, 0.15) is 29.9 Å². The zero-order valence-electron chi connectivity index (χ0n) is 36.2. The van der Waals surface area contributed by atoms with Gasteiger partial charge in [-0.05, 0) is 61.1 Å². The maximum atomic E-state index is 14.3. The third-order valence-corrected chi connectivity index (χ3v) is 12.9. The summed E-state index contributed by atoms with van der Waals surface area (Å²) < 4.78 is 68.5. The van der Waals surface area contributed by atoms with Crippen molar-refractivity contribution >= 4 is 52.0 Å². The van der Waals surface area contributed by atoms with E-state index >= 15 is 0 Å². The van der Waals surface area contributed by atoms with Gasteiger partial charge < -0.3 is 51.0 Å². The highest BCUT2D eigenvalue weighted by Gasteiger charge is 2.62. The first-order valence-corrected chi connectivity index (χ1v) is 22.6. The van der Waals surface area contributed by atoms with Gasteiger partial charge in [-0.25, -0.2) is 13.8 Å². The Labute approximate surface area is 383 Å². The molecule has 5 unspecified atom stereocenters. The lowest BCUT2D eigenvalue weighted by Crippen LogP contribution is -2.66. The van der Waals surface area contributed by atoms with Crippen LogP contribution >= 0.6 is 11.6 Å². The first-order chi connectivity index (χ1) is 31.4. The molecule has 4 aromatic rings. The highest BCUT2D eigenvalue weighted by Crippen LogP contribution is 2.58. The maximum absolute atomic E-state index is 14.3. The molecular formula is C46H56ClF5N6O8. The van der Waals surface area contributed by atoms with Crippen LogP contribution in [0.1, 0.15) is 99.8 Å². The number of aromatic nitrogens is 2. The standard InChI is InChI=1S/C46H56ClF5N6O8/c47-31-21-29(15-16-32(31)48)58-42(45(43(58)66)17-19-57(20-18-45)44-55-34-22-30(46(50,51)52)33(49)23-35(34)56-44)28-13-11-27(12-14-28)24-53-38(62)9-7-5-3-1-2-4-6-8-10-39(63)54-25-36(60)40(64)41(65)37(61)26-59/h11-16,21-23,36-37,40-42,59-61,64-65H,1-10,17-20,24-26H2,(H,53,62)(H,54,63)(H,55,56). The van der Waals surface area contributed by atoms with Gasteiger partial charge in [0.2, 0.25) is 23.7 Å². The number of piperidine rings is 1. The number of amides is 3. The predicted octanol–water partition coefficient (Wildman–Crippen LogP) is 5.96. The number of aliphatic hydroxyl groups excluding tert-OH is 5. The highest BCUT2D eigenvalue weighted by atomic mass is 35.5. The zero-order chi connectivity index (χ0) is 47.8. The number of nitrogens with zero attached hydrogens (tertiary/aromatic N) is 3. The Morgan fingerprint density at radius 3 is 2.00 bits per heavy atom. The van der Waals surface area contributed by atoms with Crippen molar-refractivity contribution in [3.05, 3.63) is 87.9 Å². The van der Waals surface area contributed by atoms with E-state index in [2.05, 4.69) is 20.6 Å². The first kappa shape index (κ1) is 50.5. The molecule has 3 amide bonds. The molecule has 2 fully saturated rings. The molecule has 14 nitrogen and oxygen atoms in total. The number of aliphatic hydroxyl groups is 5. The quantitative estimate of drug-likeness (QED) is 0.0263. The number of hydrogen-bond donors (Lipinski definition) is 8. The number of hydrogen-bond acceptors (Lipinski definition) is 10. The van der Waals surface area contributed by atoms with Crippen molar-refractivity contribution in [2.45, 2.75) is 120 Å². The van der Waals surface area contributed by atoms with E-state index in [0.717, 1.165) is 62.1 Å². The number of anilines is 2. The van der Waals surface area contributed by atoms with Crippen LogP contribution in [-0.2, 0) is 27.1 Å². The summed E-state index contributed by atoms with van der Waals surface area (Å²) in [6, 6.07) is 12.6. The Kier molecular flexibility index (Phi) is 17.0. The van der Waals surface area contributed by atoms with Crippen molar-refractivity contribution in [1.82, 2.24) is 20.6 Å². The van der Waals surface area contributed by atoms with Crippen LogP contribution in [0.4, 0.5) is 33.6 Å². The largest absolute Gasteiger partial charge is 0.419 e. The molecule has 0 radical (unpaired) electrons. The fraction of sp³-hybridized carbons (Fsp3) is 0.522. The molecule has 1 spiro atoms. The Morgan fingerprint density at radius 1 is 0.818 bits per heavy atom. The van der Waals surface area contributed by atoms with Crippen LogP contribution in [0.3, 0.4) is 0 Å². The van der Waals surface area contributed by atoms with Crippen LogP contribution in [0.2, 0.25) is 5.02 Å². The molecule has 6 rings (SSSR count). The monoisotopic (exact) mass is 950 g/mol. The number of halogens is 6. The highest BCUT2D eigenvalue weighted by molar-refractivity contribution is 6.31. The van der Waals surface area contributed by atoms with Gasteiger partial charge in [0, 0.05) is 50.8 Å². The van der Waals surface area contributed by atoms with E-state index < -0.39 is 65.9 Å². The summed E-state index contributed by atoms with van der Waals surface area (Å²) in [5.41, 5.74) is -0.103. The number of carbonyl (C=O) groups excluding carboxylic acids is 3. The van der Waals surface area contributed by atoms with Crippen molar-refractivity contribution in [2.75, 3.05) is 36.0 Å². The Balaban J connectivity index is 0.929. The number of H-pyrrole nitrogens is 1. The zero-order valence-corrected chi connectivity index (χ0v) is 36.9. The van der Waals surface area contributed by atoms with Crippen molar-refractivity contribution < 1.29 is 61.9 Å². The van der Waals surface area contributed by atoms with Gasteiger partial charge in [0.15, 0.2) is 0 Å². The summed E-state index contributed by atoms with van der Waals surface area (Å²) in [6.45, 7) is -0.161. The van der Waals surface area contributed by atoms with Crippen molar-refractivity contribution in [2.24, 2.45) is 5.41 Å². The summed E-state index contributed by atoms with van der Waals surface area (Å²) >= 11 is 6.14. The van der Waals surface area contributed by atoms with Crippen molar-refractivity contribution in [1.29, 1.82) is 0 Å². The molecule has 20 heteroatoms. The predicted molar refractivity (Wildman–Crippen MR) is 235 cm³/mol. The van der Waals surface area contributed by atoms with Gasteiger partial charge in [0.25, 0.3) is 0 Å². The molecule has 0 bridgehead atoms. The SMILES string of the molecule is O=C(CCCCCCCCCCC(=O)NCC(O)C(O)C(O)C(O)CO)NCc1ccc(C2N(c3ccc(F)c(Cl)c3)C(=O)C23CCN(c2nc4cc(F)c(C(F)(F)F)cc4[nH]2)CC3)cc1. The molecular weight excluding hydrogens is 895 g/mol. The lowest BCUT2D eigenvalue weighted by atomic mass is 9.62. The van der Waals surface area contributed by atoms with Gasteiger partial charge in [-0.2, -0.15) is 13.2 Å². The Hall–Kier alpha value is -4.92.